The first kappa shape index (κ1) is 18.7. The van der Waals surface area contributed by atoms with Gasteiger partial charge in [-0.25, -0.2) is 4.79 Å². The van der Waals surface area contributed by atoms with Crippen LogP contribution in [-0.4, -0.2) is 29.9 Å². The molecule has 0 aromatic heterocycles. The van der Waals surface area contributed by atoms with Gasteiger partial charge in [0.05, 0.1) is 0 Å². The molecule has 0 fully saturated rings. The molecule has 1 atom stereocenters. The minimum absolute atomic E-state index is 0.256. The summed E-state index contributed by atoms with van der Waals surface area (Å²) in [5, 5.41) is 0.585. The average Bonchev–Trinajstić information content (AvgIpc) is 2.60. The Morgan fingerprint density at radius 3 is 2.56 bits per heavy atom. The molecule has 1 amide bonds. The van der Waals surface area contributed by atoms with Gasteiger partial charge in [-0.1, -0.05) is 54.1 Å². The molecule has 2 aromatic carbocycles. The SMILES string of the molecule is C[C@H](OC(=O)/C=C/c1cccc(Cl)c1)C(=O)N(C)Cc1ccccc1. The Labute approximate surface area is 152 Å². The summed E-state index contributed by atoms with van der Waals surface area (Å²) >= 11 is 5.89. The average molecular weight is 358 g/mol. The fraction of sp³-hybridized carbons (Fsp3) is 0.200. The Kier molecular flexibility index (Phi) is 6.78. The quantitative estimate of drug-likeness (QED) is 0.581. The van der Waals surface area contributed by atoms with Gasteiger partial charge in [-0.3, -0.25) is 4.79 Å². The maximum atomic E-state index is 12.3. The van der Waals surface area contributed by atoms with Crippen LogP contribution in [0.25, 0.3) is 6.08 Å². The van der Waals surface area contributed by atoms with Gasteiger partial charge in [-0.15, -0.1) is 0 Å². The molecule has 0 heterocycles. The second-order valence-corrected chi connectivity index (χ2v) is 6.08. The van der Waals surface area contributed by atoms with E-state index in [1.165, 1.54) is 11.0 Å². The fourth-order valence-corrected chi connectivity index (χ4v) is 2.48. The lowest BCUT2D eigenvalue weighted by atomic mass is 10.2. The third kappa shape index (κ3) is 6.08. The number of hydrogen-bond acceptors (Lipinski definition) is 3. The van der Waals surface area contributed by atoms with Crippen molar-refractivity contribution in [1.82, 2.24) is 4.90 Å². The van der Waals surface area contributed by atoms with Crippen molar-refractivity contribution >= 4 is 29.6 Å². The van der Waals surface area contributed by atoms with Gasteiger partial charge in [0.2, 0.25) is 0 Å². The molecule has 0 unspecified atom stereocenters. The van der Waals surface area contributed by atoms with Gasteiger partial charge in [0.15, 0.2) is 6.10 Å². The zero-order chi connectivity index (χ0) is 18.2. The Morgan fingerprint density at radius 2 is 1.88 bits per heavy atom. The summed E-state index contributed by atoms with van der Waals surface area (Å²) in [6.07, 6.45) is 2.02. The highest BCUT2D eigenvalue weighted by Crippen LogP contribution is 2.12. The van der Waals surface area contributed by atoms with Gasteiger partial charge in [0, 0.05) is 24.7 Å². The van der Waals surface area contributed by atoms with Crippen molar-refractivity contribution in [3.8, 4) is 0 Å². The van der Waals surface area contributed by atoms with E-state index in [1.807, 2.05) is 36.4 Å². The van der Waals surface area contributed by atoms with Crippen molar-refractivity contribution in [1.29, 1.82) is 0 Å². The van der Waals surface area contributed by atoms with E-state index in [0.717, 1.165) is 11.1 Å². The van der Waals surface area contributed by atoms with Crippen LogP contribution < -0.4 is 0 Å². The van der Waals surface area contributed by atoms with Gasteiger partial charge in [-0.05, 0) is 36.3 Å². The van der Waals surface area contributed by atoms with E-state index < -0.39 is 12.1 Å². The standard InChI is InChI=1S/C20H20ClNO3/c1-15(20(24)22(2)14-17-7-4-3-5-8-17)25-19(23)12-11-16-9-6-10-18(21)13-16/h3-13,15H,14H2,1-2H3/b12-11+/t15-/m0/s1. The van der Waals surface area contributed by atoms with Gasteiger partial charge in [0.25, 0.3) is 5.91 Å². The van der Waals surface area contributed by atoms with E-state index in [0.29, 0.717) is 11.6 Å². The van der Waals surface area contributed by atoms with Crippen LogP contribution in [0.4, 0.5) is 0 Å². The maximum absolute atomic E-state index is 12.3. The molecular formula is C20H20ClNO3. The lowest BCUT2D eigenvalue weighted by Gasteiger charge is -2.21. The van der Waals surface area contributed by atoms with Crippen molar-refractivity contribution < 1.29 is 14.3 Å². The second kappa shape index (κ2) is 9.04. The molecule has 4 nitrogen and oxygen atoms in total. The highest BCUT2D eigenvalue weighted by molar-refractivity contribution is 6.30. The second-order valence-electron chi connectivity index (χ2n) is 5.65. The lowest BCUT2D eigenvalue weighted by Crippen LogP contribution is -2.36. The molecule has 2 aromatic rings. The number of amides is 1. The van der Waals surface area contributed by atoms with Crippen molar-refractivity contribution in [2.45, 2.75) is 19.6 Å². The van der Waals surface area contributed by atoms with Crippen molar-refractivity contribution in [2.75, 3.05) is 7.05 Å². The molecule has 2 rings (SSSR count). The van der Waals surface area contributed by atoms with Crippen LogP contribution in [0, 0.1) is 0 Å². The van der Waals surface area contributed by atoms with Gasteiger partial charge >= 0.3 is 5.97 Å². The number of halogens is 1. The third-order valence-corrected chi connectivity index (χ3v) is 3.78. The van der Waals surface area contributed by atoms with E-state index in [-0.39, 0.29) is 5.91 Å². The Hall–Kier alpha value is -2.59. The van der Waals surface area contributed by atoms with Crippen LogP contribution in [0.2, 0.25) is 5.02 Å². The summed E-state index contributed by atoms with van der Waals surface area (Å²) in [7, 11) is 1.68. The number of rotatable bonds is 6. The molecule has 0 spiro atoms. The van der Waals surface area contributed by atoms with E-state index in [4.69, 9.17) is 16.3 Å². The highest BCUT2D eigenvalue weighted by atomic mass is 35.5. The Morgan fingerprint density at radius 1 is 1.16 bits per heavy atom. The first-order valence-corrected chi connectivity index (χ1v) is 8.26. The summed E-state index contributed by atoms with van der Waals surface area (Å²) in [5.74, 6) is -0.831. The maximum Gasteiger partial charge on any atom is 0.331 e. The van der Waals surface area contributed by atoms with Crippen LogP contribution in [-0.2, 0) is 20.9 Å². The van der Waals surface area contributed by atoms with Gasteiger partial charge in [0.1, 0.15) is 0 Å². The molecule has 130 valence electrons. The third-order valence-electron chi connectivity index (χ3n) is 3.54. The molecule has 0 aliphatic rings. The zero-order valence-electron chi connectivity index (χ0n) is 14.2. The number of carbonyl (C=O) groups excluding carboxylic acids is 2. The molecule has 0 bridgehead atoms. The van der Waals surface area contributed by atoms with Crippen LogP contribution >= 0.6 is 11.6 Å². The zero-order valence-corrected chi connectivity index (χ0v) is 14.9. The number of benzene rings is 2. The number of carbonyl (C=O) groups is 2. The van der Waals surface area contributed by atoms with E-state index >= 15 is 0 Å². The van der Waals surface area contributed by atoms with E-state index in [1.54, 1.807) is 38.2 Å². The summed E-state index contributed by atoms with van der Waals surface area (Å²) in [6.45, 7) is 2.02. The Bertz CT molecular complexity index is 759. The molecular weight excluding hydrogens is 338 g/mol. The lowest BCUT2D eigenvalue weighted by molar-refractivity contribution is -0.154. The number of nitrogens with zero attached hydrogens (tertiary/aromatic N) is 1. The largest absolute Gasteiger partial charge is 0.449 e. The monoisotopic (exact) mass is 357 g/mol. The van der Waals surface area contributed by atoms with Crippen LogP contribution in [0.3, 0.4) is 0 Å². The van der Waals surface area contributed by atoms with Crippen LogP contribution in [0.1, 0.15) is 18.1 Å². The number of esters is 1. The number of likely N-dealkylation sites (N-methyl/N-ethyl adjacent to an activating group) is 1. The fourth-order valence-electron chi connectivity index (χ4n) is 2.28. The molecule has 0 aliphatic carbocycles. The number of ether oxygens (including phenoxy) is 1. The van der Waals surface area contributed by atoms with Gasteiger partial charge in [-0.2, -0.15) is 0 Å². The van der Waals surface area contributed by atoms with Gasteiger partial charge < -0.3 is 9.64 Å². The first-order valence-electron chi connectivity index (χ1n) is 7.89. The molecule has 25 heavy (non-hydrogen) atoms. The molecule has 0 radical (unpaired) electrons. The van der Waals surface area contributed by atoms with Crippen LogP contribution in [0.15, 0.2) is 60.7 Å². The van der Waals surface area contributed by atoms with Crippen molar-refractivity contribution in [3.63, 3.8) is 0 Å². The van der Waals surface area contributed by atoms with E-state index in [9.17, 15) is 9.59 Å². The predicted molar refractivity (Wildman–Crippen MR) is 99.0 cm³/mol. The minimum atomic E-state index is -0.856. The normalized spacial score (nSPS) is 12.0. The molecule has 0 N–H and O–H groups in total. The summed E-state index contributed by atoms with van der Waals surface area (Å²) in [6, 6.07) is 16.7. The molecule has 0 saturated heterocycles. The molecule has 0 saturated carbocycles. The Balaban J connectivity index is 1.88. The predicted octanol–water partition coefficient (Wildman–Crippen LogP) is 3.94. The molecule has 5 heteroatoms. The summed E-state index contributed by atoms with van der Waals surface area (Å²) < 4.78 is 5.17. The highest BCUT2D eigenvalue weighted by Gasteiger charge is 2.20. The van der Waals surface area contributed by atoms with Crippen molar-refractivity contribution in [2.24, 2.45) is 0 Å². The van der Waals surface area contributed by atoms with Crippen LogP contribution in [0.5, 0.6) is 0 Å². The summed E-state index contributed by atoms with van der Waals surface area (Å²) in [4.78, 5) is 25.7. The van der Waals surface area contributed by atoms with Crippen molar-refractivity contribution in [3.05, 3.63) is 76.8 Å². The minimum Gasteiger partial charge on any atom is -0.449 e. The first-order chi connectivity index (χ1) is 12.0. The number of hydrogen-bond donors (Lipinski definition) is 0. The van der Waals surface area contributed by atoms with E-state index in [2.05, 4.69) is 0 Å². The smallest absolute Gasteiger partial charge is 0.331 e. The summed E-state index contributed by atoms with van der Waals surface area (Å²) in [5.41, 5.74) is 1.79. The topological polar surface area (TPSA) is 46.6 Å². The molecule has 0 aliphatic heterocycles.